The molecule has 0 radical (unpaired) electrons. The maximum atomic E-state index is 12.7. The summed E-state index contributed by atoms with van der Waals surface area (Å²) in [6, 6.07) is 9.48. The Morgan fingerprint density at radius 3 is 2.54 bits per heavy atom. The Morgan fingerprint density at radius 2 is 1.92 bits per heavy atom. The highest BCUT2D eigenvalue weighted by Gasteiger charge is 2.22. The van der Waals surface area contributed by atoms with Gasteiger partial charge >= 0.3 is 11.9 Å². The number of carbonyl (C=O) groups excluding carboxylic acids is 2. The Labute approximate surface area is 144 Å². The number of methoxy groups -OCH3 is 1. The fourth-order valence-electron chi connectivity index (χ4n) is 2.39. The zero-order chi connectivity index (χ0) is 17.7. The fraction of sp³-hybridized carbons (Fsp3) is 0.235. The van der Waals surface area contributed by atoms with Crippen LogP contribution in [0.4, 0.5) is 0 Å². The summed E-state index contributed by atoms with van der Waals surface area (Å²) in [7, 11) is 1.24. The van der Waals surface area contributed by atoms with Crippen LogP contribution in [0.5, 0.6) is 0 Å². The molecule has 0 unspecified atom stereocenters. The number of benzene rings is 2. The van der Waals surface area contributed by atoms with Crippen LogP contribution in [-0.4, -0.2) is 48.3 Å². The van der Waals surface area contributed by atoms with Crippen LogP contribution in [-0.2, 0) is 9.53 Å². The van der Waals surface area contributed by atoms with Gasteiger partial charge in [-0.25, -0.2) is 4.79 Å². The summed E-state index contributed by atoms with van der Waals surface area (Å²) in [5, 5.41) is 13.1. The molecule has 2 aromatic rings. The van der Waals surface area contributed by atoms with Crippen LogP contribution < -0.4 is 5.32 Å². The van der Waals surface area contributed by atoms with Gasteiger partial charge in [-0.05, 0) is 16.8 Å². The van der Waals surface area contributed by atoms with Gasteiger partial charge in [0.15, 0.2) is 5.78 Å². The van der Waals surface area contributed by atoms with Gasteiger partial charge in [-0.2, -0.15) is 12.6 Å². The second-order valence-electron chi connectivity index (χ2n) is 5.08. The lowest BCUT2D eigenvalue weighted by molar-refractivity contribution is -0.138. The van der Waals surface area contributed by atoms with Gasteiger partial charge in [0.1, 0.15) is 6.04 Å². The third-order valence-corrected chi connectivity index (χ3v) is 3.97. The van der Waals surface area contributed by atoms with Crippen LogP contribution in [0, 0.1) is 0 Å². The minimum absolute atomic E-state index is 0.0437. The Bertz CT molecular complexity index is 790. The molecule has 0 saturated carbocycles. The standard InChI is InChI=1S/C17H17NO5S/c1-23-17(22)12-7-6-10-4-2-3-5-11(10)15(12)14(19)8-18-13(9-24)16(20)21/h2-7,13,18,24H,8-9H2,1H3,(H,20,21)/t13-/m1/s1. The number of hydrogen-bond donors (Lipinski definition) is 3. The zero-order valence-corrected chi connectivity index (χ0v) is 13.9. The van der Waals surface area contributed by atoms with Crippen molar-refractivity contribution >= 4 is 41.1 Å². The van der Waals surface area contributed by atoms with Crippen LogP contribution in [0.1, 0.15) is 20.7 Å². The average Bonchev–Trinajstić information content (AvgIpc) is 2.60. The van der Waals surface area contributed by atoms with E-state index in [9.17, 15) is 14.4 Å². The van der Waals surface area contributed by atoms with Crippen molar-refractivity contribution in [1.29, 1.82) is 0 Å². The molecule has 0 heterocycles. The smallest absolute Gasteiger partial charge is 0.338 e. The second kappa shape index (κ2) is 7.94. The van der Waals surface area contributed by atoms with Gasteiger partial charge in [-0.3, -0.25) is 14.9 Å². The summed E-state index contributed by atoms with van der Waals surface area (Å²) in [6.07, 6.45) is 0. The molecule has 0 bridgehead atoms. The summed E-state index contributed by atoms with van der Waals surface area (Å²) in [6.45, 7) is -0.227. The van der Waals surface area contributed by atoms with E-state index in [1.54, 1.807) is 18.2 Å². The molecule has 2 aromatic carbocycles. The minimum atomic E-state index is -1.09. The summed E-state index contributed by atoms with van der Waals surface area (Å²) in [5.74, 6) is -2.06. The number of carboxylic acids is 1. The maximum Gasteiger partial charge on any atom is 0.338 e. The van der Waals surface area contributed by atoms with Gasteiger partial charge in [0.25, 0.3) is 0 Å². The lowest BCUT2D eigenvalue weighted by Gasteiger charge is -2.14. The molecule has 0 aromatic heterocycles. The van der Waals surface area contributed by atoms with Gasteiger partial charge in [-0.15, -0.1) is 0 Å². The van der Waals surface area contributed by atoms with Gasteiger partial charge in [0.05, 0.1) is 19.2 Å². The first kappa shape index (κ1) is 18.0. The van der Waals surface area contributed by atoms with E-state index in [2.05, 4.69) is 17.9 Å². The summed E-state index contributed by atoms with van der Waals surface area (Å²) >= 11 is 3.94. The van der Waals surface area contributed by atoms with E-state index in [1.807, 2.05) is 12.1 Å². The summed E-state index contributed by atoms with van der Waals surface area (Å²) < 4.78 is 4.74. The lowest BCUT2D eigenvalue weighted by atomic mass is 9.95. The molecule has 0 amide bonds. The van der Waals surface area contributed by atoms with Crippen molar-refractivity contribution in [3.05, 3.63) is 47.5 Å². The Hall–Kier alpha value is -2.38. The molecule has 2 rings (SSSR count). The van der Waals surface area contributed by atoms with E-state index in [4.69, 9.17) is 9.84 Å². The average molecular weight is 347 g/mol. The number of ether oxygens (including phenoxy) is 1. The molecule has 0 aliphatic carbocycles. The van der Waals surface area contributed by atoms with E-state index >= 15 is 0 Å². The number of rotatable bonds is 7. The molecule has 24 heavy (non-hydrogen) atoms. The minimum Gasteiger partial charge on any atom is -0.480 e. The van der Waals surface area contributed by atoms with E-state index in [-0.39, 0.29) is 29.2 Å². The predicted molar refractivity (Wildman–Crippen MR) is 92.9 cm³/mol. The van der Waals surface area contributed by atoms with Crippen molar-refractivity contribution in [3.8, 4) is 0 Å². The second-order valence-corrected chi connectivity index (χ2v) is 5.44. The predicted octanol–water partition coefficient (Wildman–Crippen LogP) is 1.78. The first-order chi connectivity index (χ1) is 11.5. The largest absolute Gasteiger partial charge is 0.480 e. The number of nitrogens with one attached hydrogen (secondary N) is 1. The highest BCUT2D eigenvalue weighted by atomic mass is 32.1. The number of esters is 1. The Balaban J connectivity index is 2.42. The van der Waals surface area contributed by atoms with Crippen LogP contribution in [0.25, 0.3) is 10.8 Å². The first-order valence-electron chi connectivity index (χ1n) is 7.20. The SMILES string of the molecule is COC(=O)c1ccc2ccccc2c1C(=O)CN[C@H](CS)C(=O)O. The molecule has 0 spiro atoms. The Morgan fingerprint density at radius 1 is 1.21 bits per heavy atom. The van der Waals surface area contributed by atoms with Crippen molar-refractivity contribution < 1.29 is 24.2 Å². The number of aliphatic carboxylic acids is 1. The topological polar surface area (TPSA) is 92.7 Å². The molecular formula is C17H17NO5S. The third kappa shape index (κ3) is 3.74. The van der Waals surface area contributed by atoms with Crippen molar-refractivity contribution in [2.75, 3.05) is 19.4 Å². The third-order valence-electron chi connectivity index (χ3n) is 3.60. The molecule has 126 valence electrons. The van der Waals surface area contributed by atoms with Crippen molar-refractivity contribution in [2.24, 2.45) is 0 Å². The molecule has 6 nitrogen and oxygen atoms in total. The highest BCUT2D eigenvalue weighted by Crippen LogP contribution is 2.23. The molecule has 1 atom stereocenters. The van der Waals surface area contributed by atoms with Crippen LogP contribution >= 0.6 is 12.6 Å². The van der Waals surface area contributed by atoms with Crippen molar-refractivity contribution in [3.63, 3.8) is 0 Å². The lowest BCUT2D eigenvalue weighted by Crippen LogP contribution is -2.41. The van der Waals surface area contributed by atoms with Gasteiger partial charge in [-0.1, -0.05) is 30.3 Å². The summed E-state index contributed by atoms with van der Waals surface area (Å²) in [4.78, 5) is 35.7. The van der Waals surface area contributed by atoms with Crippen molar-refractivity contribution in [2.45, 2.75) is 6.04 Å². The van der Waals surface area contributed by atoms with E-state index in [0.717, 1.165) is 5.39 Å². The van der Waals surface area contributed by atoms with Crippen molar-refractivity contribution in [1.82, 2.24) is 5.32 Å². The summed E-state index contributed by atoms with van der Waals surface area (Å²) in [5.41, 5.74) is 0.372. The molecule has 0 fully saturated rings. The number of carbonyl (C=O) groups is 3. The zero-order valence-electron chi connectivity index (χ0n) is 13.0. The molecule has 0 aliphatic rings. The quantitative estimate of drug-likeness (QED) is 0.402. The Kier molecular flexibility index (Phi) is 5.94. The first-order valence-corrected chi connectivity index (χ1v) is 7.83. The molecule has 0 saturated heterocycles. The number of ketones is 1. The molecular weight excluding hydrogens is 330 g/mol. The number of fused-ring (bicyclic) bond motifs is 1. The molecule has 7 heteroatoms. The number of thiol groups is 1. The van der Waals surface area contributed by atoms with Gasteiger partial charge < -0.3 is 9.84 Å². The van der Waals surface area contributed by atoms with E-state index < -0.39 is 18.0 Å². The number of carboxylic acid groups (broad SMARTS) is 1. The molecule has 0 aliphatic heterocycles. The highest BCUT2D eigenvalue weighted by molar-refractivity contribution is 7.80. The van der Waals surface area contributed by atoms with Crippen LogP contribution in [0.2, 0.25) is 0 Å². The van der Waals surface area contributed by atoms with Crippen LogP contribution in [0.3, 0.4) is 0 Å². The number of hydrogen-bond acceptors (Lipinski definition) is 6. The van der Waals surface area contributed by atoms with E-state index in [0.29, 0.717) is 5.39 Å². The monoisotopic (exact) mass is 347 g/mol. The van der Waals surface area contributed by atoms with Gasteiger partial charge in [0.2, 0.25) is 0 Å². The van der Waals surface area contributed by atoms with E-state index in [1.165, 1.54) is 13.2 Å². The fourth-order valence-corrected chi connectivity index (χ4v) is 2.67. The molecule has 2 N–H and O–H groups in total. The van der Waals surface area contributed by atoms with Gasteiger partial charge in [0, 0.05) is 11.3 Å². The number of Topliss-reactive ketones (excluding diaryl/α,β-unsaturated/α-hetero) is 1. The normalized spacial score (nSPS) is 11.9. The van der Waals surface area contributed by atoms with Crippen LogP contribution in [0.15, 0.2) is 36.4 Å². The maximum absolute atomic E-state index is 12.7.